The van der Waals surface area contributed by atoms with Gasteiger partial charge in [0.25, 0.3) is 5.91 Å². The Kier molecular flexibility index (Phi) is 7.19. The van der Waals surface area contributed by atoms with Gasteiger partial charge in [0.05, 0.1) is 0 Å². The van der Waals surface area contributed by atoms with Gasteiger partial charge in [-0.25, -0.2) is 9.97 Å². The zero-order chi connectivity index (χ0) is 19.8. The second kappa shape index (κ2) is 10.0. The van der Waals surface area contributed by atoms with Crippen molar-refractivity contribution in [1.82, 2.24) is 20.2 Å². The van der Waals surface area contributed by atoms with Crippen LogP contribution in [0.2, 0.25) is 0 Å². The van der Waals surface area contributed by atoms with E-state index in [1.54, 1.807) is 12.4 Å². The van der Waals surface area contributed by atoms with Crippen molar-refractivity contribution in [3.8, 4) is 5.75 Å². The van der Waals surface area contributed by atoms with Crippen molar-refractivity contribution in [1.29, 1.82) is 0 Å². The number of piperazine rings is 1. The molecule has 1 aromatic carbocycles. The molecule has 1 aliphatic rings. The van der Waals surface area contributed by atoms with Gasteiger partial charge in [-0.05, 0) is 29.7 Å². The monoisotopic (exact) mass is 383 g/mol. The lowest BCUT2D eigenvalue weighted by Crippen LogP contribution is -2.49. The van der Waals surface area contributed by atoms with Crippen LogP contribution in [0.4, 0.5) is 5.95 Å². The summed E-state index contributed by atoms with van der Waals surface area (Å²) in [7, 11) is 0. The summed E-state index contributed by atoms with van der Waals surface area (Å²) in [4.78, 5) is 25.1. The van der Waals surface area contributed by atoms with E-state index in [0.717, 1.165) is 44.4 Å². The summed E-state index contributed by atoms with van der Waals surface area (Å²) in [6.07, 6.45) is 3.54. The summed E-state index contributed by atoms with van der Waals surface area (Å²) >= 11 is 0. The van der Waals surface area contributed by atoms with Crippen molar-refractivity contribution in [3.05, 3.63) is 48.3 Å². The molecule has 3 rings (SSSR count). The molecule has 2 heterocycles. The van der Waals surface area contributed by atoms with Crippen LogP contribution in [-0.2, 0) is 4.79 Å². The molecule has 7 heteroatoms. The highest BCUT2D eigenvalue weighted by atomic mass is 16.5. The van der Waals surface area contributed by atoms with Gasteiger partial charge in [0.1, 0.15) is 5.75 Å². The molecule has 7 nitrogen and oxygen atoms in total. The van der Waals surface area contributed by atoms with Gasteiger partial charge in [0, 0.05) is 51.7 Å². The molecule has 1 amide bonds. The maximum atomic E-state index is 12.0. The van der Waals surface area contributed by atoms with Gasteiger partial charge >= 0.3 is 0 Å². The lowest BCUT2D eigenvalue weighted by molar-refractivity contribution is -0.123. The number of anilines is 1. The predicted molar refractivity (Wildman–Crippen MR) is 110 cm³/mol. The maximum Gasteiger partial charge on any atom is 0.257 e. The molecule has 0 unspecified atom stereocenters. The van der Waals surface area contributed by atoms with Crippen molar-refractivity contribution in [2.45, 2.75) is 19.8 Å². The Bertz CT molecular complexity index is 728. The average molecular weight is 383 g/mol. The third kappa shape index (κ3) is 5.92. The van der Waals surface area contributed by atoms with Crippen LogP contribution in [-0.4, -0.2) is 66.7 Å². The van der Waals surface area contributed by atoms with Crippen molar-refractivity contribution < 1.29 is 9.53 Å². The fourth-order valence-electron chi connectivity index (χ4n) is 3.13. The molecule has 1 aromatic heterocycles. The molecule has 1 saturated heterocycles. The SMILES string of the molecule is CC(C)c1ccc(OCC(=O)NCCN2CCN(c3ncccn3)CC2)cc1. The van der Waals surface area contributed by atoms with E-state index < -0.39 is 0 Å². The first-order valence-corrected chi connectivity index (χ1v) is 9.85. The molecule has 0 radical (unpaired) electrons. The summed E-state index contributed by atoms with van der Waals surface area (Å²) in [5, 5.41) is 2.93. The molecule has 0 saturated carbocycles. The molecule has 0 bridgehead atoms. The van der Waals surface area contributed by atoms with Gasteiger partial charge in [-0.3, -0.25) is 9.69 Å². The van der Waals surface area contributed by atoms with E-state index in [2.05, 4.69) is 38.9 Å². The lowest BCUT2D eigenvalue weighted by Gasteiger charge is -2.34. The van der Waals surface area contributed by atoms with Crippen LogP contribution in [0.5, 0.6) is 5.75 Å². The number of ether oxygens (including phenoxy) is 1. The number of rotatable bonds is 8. The van der Waals surface area contributed by atoms with Crippen LogP contribution in [0, 0.1) is 0 Å². The summed E-state index contributed by atoms with van der Waals surface area (Å²) in [6, 6.07) is 9.74. The standard InChI is InChI=1S/C21H29N5O2/c1-17(2)18-4-6-19(7-5-18)28-16-20(27)22-10-11-25-12-14-26(15-13-25)21-23-8-3-9-24-21/h3-9,17H,10-16H2,1-2H3,(H,22,27). The van der Waals surface area contributed by atoms with E-state index in [9.17, 15) is 4.79 Å². The number of carbonyl (C=O) groups excluding carboxylic acids is 1. The van der Waals surface area contributed by atoms with Gasteiger partial charge in [0.2, 0.25) is 5.95 Å². The van der Waals surface area contributed by atoms with Gasteiger partial charge in [0.15, 0.2) is 6.61 Å². The topological polar surface area (TPSA) is 70.6 Å². The normalized spacial score (nSPS) is 14.9. The number of hydrogen-bond donors (Lipinski definition) is 1. The van der Waals surface area contributed by atoms with Crippen LogP contribution in [0.25, 0.3) is 0 Å². The Labute approximate surface area is 166 Å². The molecule has 2 aromatic rings. The Morgan fingerprint density at radius 3 is 2.43 bits per heavy atom. The van der Waals surface area contributed by atoms with Crippen LogP contribution >= 0.6 is 0 Å². The highest BCUT2D eigenvalue weighted by Gasteiger charge is 2.18. The summed E-state index contributed by atoms with van der Waals surface area (Å²) in [5.41, 5.74) is 1.26. The number of hydrogen-bond acceptors (Lipinski definition) is 6. The van der Waals surface area contributed by atoms with Gasteiger partial charge in [-0.1, -0.05) is 26.0 Å². The number of amides is 1. The maximum absolute atomic E-state index is 12.0. The summed E-state index contributed by atoms with van der Waals surface area (Å²) in [5.74, 6) is 1.90. The summed E-state index contributed by atoms with van der Waals surface area (Å²) in [6.45, 7) is 9.46. The van der Waals surface area contributed by atoms with Crippen molar-refractivity contribution in [2.24, 2.45) is 0 Å². The number of nitrogens with zero attached hydrogens (tertiary/aromatic N) is 4. The fraction of sp³-hybridized carbons (Fsp3) is 0.476. The first-order chi connectivity index (χ1) is 13.6. The van der Waals surface area contributed by atoms with Crippen LogP contribution in [0.3, 0.4) is 0 Å². The van der Waals surface area contributed by atoms with E-state index in [4.69, 9.17) is 4.74 Å². The fourth-order valence-corrected chi connectivity index (χ4v) is 3.13. The average Bonchev–Trinajstić information content (AvgIpc) is 2.74. The lowest BCUT2D eigenvalue weighted by atomic mass is 10.0. The van der Waals surface area contributed by atoms with Gasteiger partial charge < -0.3 is 15.0 Å². The number of benzene rings is 1. The highest BCUT2D eigenvalue weighted by molar-refractivity contribution is 5.77. The number of carbonyl (C=O) groups is 1. The molecule has 1 aliphatic heterocycles. The minimum atomic E-state index is -0.0933. The third-order valence-corrected chi connectivity index (χ3v) is 4.87. The molecule has 28 heavy (non-hydrogen) atoms. The highest BCUT2D eigenvalue weighted by Crippen LogP contribution is 2.18. The second-order valence-corrected chi connectivity index (χ2v) is 7.24. The van der Waals surface area contributed by atoms with Gasteiger partial charge in [-0.2, -0.15) is 0 Å². The van der Waals surface area contributed by atoms with Crippen molar-refractivity contribution in [3.63, 3.8) is 0 Å². The molecule has 0 spiro atoms. The van der Waals surface area contributed by atoms with Crippen LogP contribution in [0.1, 0.15) is 25.3 Å². The molecule has 1 N–H and O–H groups in total. The smallest absolute Gasteiger partial charge is 0.257 e. The molecular weight excluding hydrogens is 354 g/mol. The van der Waals surface area contributed by atoms with E-state index in [1.807, 2.05) is 30.3 Å². The largest absolute Gasteiger partial charge is 0.484 e. The predicted octanol–water partition coefficient (Wildman–Crippen LogP) is 1.92. The number of nitrogens with one attached hydrogen (secondary N) is 1. The first-order valence-electron chi connectivity index (χ1n) is 9.85. The Balaban J connectivity index is 1.30. The molecular formula is C21H29N5O2. The zero-order valence-corrected chi connectivity index (χ0v) is 16.7. The third-order valence-electron chi connectivity index (χ3n) is 4.87. The van der Waals surface area contributed by atoms with Gasteiger partial charge in [-0.15, -0.1) is 0 Å². The summed E-state index contributed by atoms with van der Waals surface area (Å²) < 4.78 is 5.56. The molecule has 0 atom stereocenters. The van der Waals surface area contributed by atoms with Crippen LogP contribution < -0.4 is 15.0 Å². The zero-order valence-electron chi connectivity index (χ0n) is 16.7. The quantitative estimate of drug-likeness (QED) is 0.751. The Morgan fingerprint density at radius 1 is 1.11 bits per heavy atom. The van der Waals surface area contributed by atoms with E-state index in [0.29, 0.717) is 12.5 Å². The van der Waals surface area contributed by atoms with Crippen LogP contribution in [0.15, 0.2) is 42.7 Å². The first kappa shape index (κ1) is 20.1. The van der Waals surface area contributed by atoms with E-state index in [1.165, 1.54) is 5.56 Å². The van der Waals surface area contributed by atoms with E-state index in [-0.39, 0.29) is 12.5 Å². The van der Waals surface area contributed by atoms with Crippen molar-refractivity contribution in [2.75, 3.05) is 50.8 Å². The number of aromatic nitrogens is 2. The molecule has 0 aliphatic carbocycles. The molecule has 1 fully saturated rings. The Morgan fingerprint density at radius 2 is 1.79 bits per heavy atom. The minimum Gasteiger partial charge on any atom is -0.484 e. The van der Waals surface area contributed by atoms with E-state index >= 15 is 0 Å². The minimum absolute atomic E-state index is 0.0418. The Hall–Kier alpha value is -2.67. The van der Waals surface area contributed by atoms with Crippen molar-refractivity contribution >= 4 is 11.9 Å². The second-order valence-electron chi connectivity index (χ2n) is 7.24. The molecule has 150 valence electrons.